The normalized spacial score (nSPS) is 24.1. The SMILES string of the molecule is C=CC1=CCCC=C1N1CCN(C(=NC2C[C@@H]3CC([C@@H]2C)C3(C)C)Nc2ccc3c(=O)n(CCc4ccc(OC)cc4F)cnc3c2)CC1.CC.[HH]. The van der Waals surface area contributed by atoms with Gasteiger partial charge in [-0.25, -0.2) is 14.4 Å². The van der Waals surface area contributed by atoms with E-state index in [4.69, 9.17) is 9.73 Å². The average molecular weight is 697 g/mol. The minimum atomic E-state index is -0.344. The standard InChI is InChI=1S/C40H49FN6O2.C2H6.H2/c1-6-27-9-7-8-10-37(27)45-17-19-46(20-18-45)39(44-35-22-29-21-33(26(35)2)40(29,3)4)43-30-12-14-32-36(23-30)42-25-47(38(32)48)16-15-28-11-13-31(49-5)24-34(28)41;1-2;/h6,9-14,23-26,29,33,35H,1,7-8,15-22H2,2-5H3,(H,43,44);1-2H3;1H/t26-,29-,33?,35?;;/m0../s1. The van der Waals surface area contributed by atoms with E-state index in [1.807, 2.05) is 38.1 Å². The largest absolute Gasteiger partial charge is 0.497 e. The van der Waals surface area contributed by atoms with Crippen LogP contribution in [0.1, 0.15) is 67.3 Å². The number of nitrogens with zero attached hydrogens (tertiary/aromatic N) is 5. The van der Waals surface area contributed by atoms with Crippen LogP contribution in [0.3, 0.4) is 0 Å². The second kappa shape index (κ2) is 15.5. The molecule has 2 heterocycles. The van der Waals surface area contributed by atoms with Crippen molar-refractivity contribution in [1.82, 2.24) is 19.4 Å². The number of allylic oxidation sites excluding steroid dienone is 3. The number of methoxy groups -OCH3 is 1. The van der Waals surface area contributed by atoms with Crippen LogP contribution in [0.2, 0.25) is 0 Å². The summed E-state index contributed by atoms with van der Waals surface area (Å²) in [6.07, 6.45) is 13.1. The van der Waals surface area contributed by atoms with E-state index in [9.17, 15) is 9.18 Å². The molecule has 3 aromatic rings. The molecule has 1 aliphatic heterocycles. The Morgan fingerprint density at radius 1 is 1.12 bits per heavy atom. The van der Waals surface area contributed by atoms with Crippen LogP contribution < -0.4 is 15.6 Å². The highest BCUT2D eigenvalue weighted by atomic mass is 19.1. The minimum absolute atomic E-state index is 0. The molecule has 8 nitrogen and oxygen atoms in total. The van der Waals surface area contributed by atoms with Crippen molar-refractivity contribution in [3.05, 3.63) is 101 Å². The van der Waals surface area contributed by atoms with Crippen LogP contribution in [-0.2, 0) is 13.0 Å². The molecule has 0 spiro atoms. The van der Waals surface area contributed by atoms with Crippen molar-refractivity contribution in [2.75, 3.05) is 38.6 Å². The molecule has 2 unspecified atom stereocenters. The molecule has 0 radical (unpaired) electrons. The Hall–Kier alpha value is -4.40. The summed E-state index contributed by atoms with van der Waals surface area (Å²) in [7, 11) is 1.51. The maximum Gasteiger partial charge on any atom is 0.261 e. The lowest BCUT2D eigenvalue weighted by molar-refractivity contribution is -0.108. The monoisotopic (exact) mass is 696 g/mol. The lowest BCUT2D eigenvalue weighted by Gasteiger charge is -2.61. The van der Waals surface area contributed by atoms with Gasteiger partial charge in [0.05, 0.1) is 30.4 Å². The van der Waals surface area contributed by atoms with E-state index in [1.165, 1.54) is 30.9 Å². The molecule has 3 saturated carbocycles. The number of anilines is 1. The lowest BCUT2D eigenvalue weighted by Crippen LogP contribution is -2.57. The molecular formula is C42H57FN6O2. The van der Waals surface area contributed by atoms with Gasteiger partial charge in [0, 0.05) is 51.6 Å². The van der Waals surface area contributed by atoms with Crippen LogP contribution in [-0.4, -0.2) is 64.6 Å². The number of hydrogen-bond donors (Lipinski definition) is 1. The fourth-order valence-electron chi connectivity index (χ4n) is 8.61. The van der Waals surface area contributed by atoms with Gasteiger partial charge in [-0.05, 0) is 90.7 Å². The number of aromatic nitrogens is 2. The summed E-state index contributed by atoms with van der Waals surface area (Å²) in [5.41, 5.74) is 4.80. The third-order valence-electron chi connectivity index (χ3n) is 11.9. The number of halogens is 1. The van der Waals surface area contributed by atoms with Gasteiger partial charge in [0.15, 0.2) is 5.96 Å². The molecule has 1 aromatic heterocycles. The predicted molar refractivity (Wildman–Crippen MR) is 209 cm³/mol. The molecule has 4 atom stereocenters. The third-order valence-corrected chi connectivity index (χ3v) is 11.9. The Labute approximate surface area is 304 Å². The van der Waals surface area contributed by atoms with Crippen LogP contribution in [0.15, 0.2) is 88.6 Å². The van der Waals surface area contributed by atoms with Gasteiger partial charge in [0.1, 0.15) is 11.6 Å². The number of nitrogens with one attached hydrogen (secondary N) is 1. The highest BCUT2D eigenvalue weighted by molar-refractivity contribution is 5.96. The highest BCUT2D eigenvalue weighted by Gasteiger charge is 2.56. The van der Waals surface area contributed by atoms with E-state index < -0.39 is 0 Å². The first kappa shape index (κ1) is 36.4. The number of aryl methyl sites for hydroxylation is 2. The molecule has 4 fully saturated rings. The van der Waals surface area contributed by atoms with Crippen LogP contribution in [0.5, 0.6) is 5.75 Å². The Morgan fingerprint density at radius 3 is 2.57 bits per heavy atom. The minimum Gasteiger partial charge on any atom is -0.497 e. The van der Waals surface area contributed by atoms with Gasteiger partial charge in [0.25, 0.3) is 5.56 Å². The number of fused-ring (bicyclic) bond motifs is 3. The summed E-state index contributed by atoms with van der Waals surface area (Å²) in [5, 5.41) is 4.22. The topological polar surface area (TPSA) is 75.0 Å². The zero-order valence-corrected chi connectivity index (χ0v) is 31.3. The fourth-order valence-corrected chi connectivity index (χ4v) is 8.61. The van der Waals surface area contributed by atoms with Gasteiger partial charge < -0.3 is 19.9 Å². The first-order valence-electron chi connectivity index (χ1n) is 18.9. The first-order valence-corrected chi connectivity index (χ1v) is 18.9. The van der Waals surface area contributed by atoms with E-state index in [0.29, 0.717) is 52.4 Å². The van der Waals surface area contributed by atoms with Gasteiger partial charge in [0.2, 0.25) is 0 Å². The Bertz CT molecular complexity index is 1890. The molecule has 9 heteroatoms. The van der Waals surface area contributed by atoms with Crippen LogP contribution in [0, 0.1) is 29.0 Å². The van der Waals surface area contributed by atoms with Crippen LogP contribution in [0.4, 0.5) is 10.1 Å². The van der Waals surface area contributed by atoms with Crippen molar-refractivity contribution in [2.24, 2.45) is 28.2 Å². The van der Waals surface area contributed by atoms with Gasteiger partial charge >= 0.3 is 0 Å². The number of ether oxygens (including phenoxy) is 1. The summed E-state index contributed by atoms with van der Waals surface area (Å²) < 4.78 is 21.2. The zero-order chi connectivity index (χ0) is 36.3. The first-order chi connectivity index (χ1) is 24.7. The molecule has 2 aromatic carbocycles. The lowest BCUT2D eigenvalue weighted by atomic mass is 9.45. The van der Waals surface area contributed by atoms with Gasteiger partial charge in [-0.15, -0.1) is 0 Å². The number of benzene rings is 2. The molecule has 274 valence electrons. The maximum absolute atomic E-state index is 14.5. The summed E-state index contributed by atoms with van der Waals surface area (Å²) >= 11 is 0. The van der Waals surface area contributed by atoms with Crippen molar-refractivity contribution < 1.29 is 10.6 Å². The number of piperazine rings is 1. The summed E-state index contributed by atoms with van der Waals surface area (Å²) in [5.74, 6) is 2.97. The van der Waals surface area contributed by atoms with Crippen molar-refractivity contribution in [1.29, 1.82) is 0 Å². The quantitative estimate of drug-likeness (QED) is 0.189. The van der Waals surface area contributed by atoms with Gasteiger partial charge in [-0.2, -0.15) is 0 Å². The van der Waals surface area contributed by atoms with E-state index in [0.717, 1.165) is 63.0 Å². The van der Waals surface area contributed by atoms with Crippen molar-refractivity contribution in [2.45, 2.75) is 79.3 Å². The van der Waals surface area contributed by atoms with Crippen LogP contribution >= 0.6 is 0 Å². The molecule has 1 saturated heterocycles. The Balaban J connectivity index is 0.00000171. The third kappa shape index (κ3) is 7.35. The van der Waals surface area contributed by atoms with E-state index in [-0.39, 0.29) is 18.8 Å². The molecule has 5 aliphatic rings. The summed E-state index contributed by atoms with van der Waals surface area (Å²) in [6.45, 7) is 19.2. The van der Waals surface area contributed by atoms with Crippen molar-refractivity contribution in [3.63, 3.8) is 0 Å². The smallest absolute Gasteiger partial charge is 0.261 e. The van der Waals surface area contributed by atoms with E-state index >= 15 is 0 Å². The fraction of sp³-hybridized carbons (Fsp3) is 0.500. The number of guanidine groups is 1. The van der Waals surface area contributed by atoms with Gasteiger partial charge in [-0.3, -0.25) is 9.36 Å². The predicted octanol–water partition coefficient (Wildman–Crippen LogP) is 8.31. The molecule has 51 heavy (non-hydrogen) atoms. The van der Waals surface area contributed by atoms with E-state index in [1.54, 1.807) is 23.0 Å². The highest BCUT2D eigenvalue weighted by Crippen LogP contribution is 2.61. The summed E-state index contributed by atoms with van der Waals surface area (Å²) in [4.78, 5) is 28.4. The second-order valence-electron chi connectivity index (χ2n) is 14.8. The molecule has 1 N–H and O–H groups in total. The molecule has 8 rings (SSSR count). The molecular weight excluding hydrogens is 640 g/mol. The molecule has 0 amide bonds. The Morgan fingerprint density at radius 2 is 1.88 bits per heavy atom. The number of aliphatic imine (C=N–C) groups is 1. The number of hydrogen-bond acceptors (Lipinski definition) is 5. The van der Waals surface area contributed by atoms with E-state index in [2.05, 4.69) is 59.6 Å². The molecule has 4 aliphatic carbocycles. The number of rotatable bonds is 8. The van der Waals surface area contributed by atoms with Gasteiger partial charge in [-0.1, -0.05) is 65.5 Å². The van der Waals surface area contributed by atoms with Crippen LogP contribution in [0.25, 0.3) is 10.9 Å². The average Bonchev–Trinajstić information content (AvgIpc) is 3.16. The zero-order valence-electron chi connectivity index (χ0n) is 31.3. The Kier molecular flexibility index (Phi) is 11.0. The van der Waals surface area contributed by atoms with Crippen molar-refractivity contribution >= 4 is 22.5 Å². The van der Waals surface area contributed by atoms with Crippen molar-refractivity contribution in [3.8, 4) is 5.75 Å². The molecule has 2 bridgehead atoms. The maximum atomic E-state index is 14.5. The summed E-state index contributed by atoms with van der Waals surface area (Å²) in [6, 6.07) is 10.8. The second-order valence-corrected chi connectivity index (χ2v) is 14.8.